The van der Waals surface area contributed by atoms with Crippen LogP contribution in [-0.2, 0) is 4.79 Å². The number of aromatic nitrogens is 4. The maximum absolute atomic E-state index is 11.8. The van der Waals surface area contributed by atoms with Crippen molar-refractivity contribution < 1.29 is 9.59 Å². The molecule has 0 radical (unpaired) electrons. The number of H-pyrrole nitrogens is 2. The van der Waals surface area contributed by atoms with Crippen molar-refractivity contribution in [2.45, 2.75) is 13.8 Å². The Morgan fingerprint density at radius 1 is 1.36 bits per heavy atom. The highest BCUT2D eigenvalue weighted by Crippen LogP contribution is 2.25. The Kier molecular flexibility index (Phi) is 3.46. The lowest BCUT2D eigenvalue weighted by Crippen LogP contribution is -2.17. The highest BCUT2D eigenvalue weighted by atomic mass is 16.1. The third-order valence-corrected chi connectivity index (χ3v) is 3.30. The van der Waals surface area contributed by atoms with Crippen LogP contribution in [0.4, 0.5) is 5.69 Å². The van der Waals surface area contributed by atoms with Gasteiger partial charge in [0, 0.05) is 11.5 Å². The van der Waals surface area contributed by atoms with Crippen LogP contribution in [0.5, 0.6) is 0 Å². The normalized spacial score (nSPS) is 11.0. The van der Waals surface area contributed by atoms with E-state index < -0.39 is 0 Å². The molecule has 7 nitrogen and oxygen atoms in total. The zero-order valence-corrected chi connectivity index (χ0v) is 12.2. The number of aldehydes is 1. The van der Waals surface area contributed by atoms with Gasteiger partial charge in [-0.2, -0.15) is 5.10 Å². The molecule has 0 aliphatic rings. The Labute approximate surface area is 126 Å². The summed E-state index contributed by atoms with van der Waals surface area (Å²) in [5, 5.41) is 9.59. The molecule has 1 amide bonds. The van der Waals surface area contributed by atoms with Crippen LogP contribution in [0.2, 0.25) is 0 Å². The van der Waals surface area contributed by atoms with Crippen molar-refractivity contribution in [3.8, 4) is 11.5 Å². The number of fused-ring (bicyclic) bond motifs is 1. The molecule has 1 aromatic carbocycles. The summed E-state index contributed by atoms with van der Waals surface area (Å²) in [5.74, 6) is 0.324. The molecule has 0 bridgehead atoms. The van der Waals surface area contributed by atoms with E-state index in [0.29, 0.717) is 22.8 Å². The molecule has 2 aromatic heterocycles. The largest absolute Gasteiger partial charge is 0.337 e. The molecular formula is C15H15N5O2. The van der Waals surface area contributed by atoms with Gasteiger partial charge in [0.25, 0.3) is 0 Å². The molecular weight excluding hydrogens is 282 g/mol. The molecule has 2 heterocycles. The first-order chi connectivity index (χ1) is 10.6. The highest BCUT2D eigenvalue weighted by Gasteiger charge is 2.15. The summed E-state index contributed by atoms with van der Waals surface area (Å²) < 4.78 is 0. The Morgan fingerprint density at radius 2 is 2.18 bits per heavy atom. The van der Waals surface area contributed by atoms with Gasteiger partial charge in [-0.3, -0.25) is 14.7 Å². The van der Waals surface area contributed by atoms with E-state index in [0.717, 1.165) is 17.3 Å². The fraction of sp³-hybridized carbons (Fsp3) is 0.200. The van der Waals surface area contributed by atoms with E-state index in [1.54, 1.807) is 24.4 Å². The van der Waals surface area contributed by atoms with E-state index in [1.165, 1.54) is 0 Å². The molecule has 22 heavy (non-hydrogen) atoms. The molecule has 0 spiro atoms. The van der Waals surface area contributed by atoms with Crippen molar-refractivity contribution in [1.82, 2.24) is 20.2 Å². The summed E-state index contributed by atoms with van der Waals surface area (Å²) in [5.41, 5.74) is 3.21. The van der Waals surface area contributed by atoms with Gasteiger partial charge in [0.05, 0.1) is 22.9 Å². The van der Waals surface area contributed by atoms with Gasteiger partial charge < -0.3 is 10.3 Å². The lowest BCUT2D eigenvalue weighted by Gasteiger charge is -2.06. The molecule has 3 aromatic rings. The van der Waals surface area contributed by atoms with Crippen molar-refractivity contribution >= 4 is 28.9 Å². The minimum atomic E-state index is -0.131. The second kappa shape index (κ2) is 5.44. The lowest BCUT2D eigenvalue weighted by atomic mass is 10.2. The number of benzene rings is 1. The van der Waals surface area contributed by atoms with Crippen LogP contribution in [0, 0.1) is 5.92 Å². The van der Waals surface area contributed by atoms with Crippen molar-refractivity contribution in [1.29, 1.82) is 0 Å². The summed E-state index contributed by atoms with van der Waals surface area (Å²) >= 11 is 0. The first-order valence-electron chi connectivity index (χ1n) is 6.88. The predicted molar refractivity (Wildman–Crippen MR) is 82.5 cm³/mol. The van der Waals surface area contributed by atoms with E-state index >= 15 is 0 Å². The van der Waals surface area contributed by atoms with E-state index in [2.05, 4.69) is 25.5 Å². The molecule has 0 fully saturated rings. The van der Waals surface area contributed by atoms with Gasteiger partial charge in [0.1, 0.15) is 12.0 Å². The summed E-state index contributed by atoms with van der Waals surface area (Å²) in [6, 6.07) is 5.19. The quantitative estimate of drug-likeness (QED) is 0.643. The first-order valence-corrected chi connectivity index (χ1v) is 6.88. The van der Waals surface area contributed by atoms with Gasteiger partial charge in [0.2, 0.25) is 5.91 Å². The SMILES string of the molecule is CC(C)C(=O)Nc1cn[nH]c1-c1nc2ccc(C=O)cc2[nH]1. The molecule has 0 aliphatic heterocycles. The van der Waals surface area contributed by atoms with Gasteiger partial charge in [-0.25, -0.2) is 4.98 Å². The van der Waals surface area contributed by atoms with Crippen LogP contribution in [0.15, 0.2) is 24.4 Å². The zero-order chi connectivity index (χ0) is 15.7. The molecule has 112 valence electrons. The number of nitrogens with one attached hydrogen (secondary N) is 3. The van der Waals surface area contributed by atoms with Crippen molar-refractivity contribution in [3.63, 3.8) is 0 Å². The van der Waals surface area contributed by atoms with Gasteiger partial charge in [-0.1, -0.05) is 13.8 Å². The molecule has 0 saturated heterocycles. The summed E-state index contributed by atoms with van der Waals surface area (Å²) in [6.45, 7) is 3.63. The van der Waals surface area contributed by atoms with Crippen LogP contribution in [0.3, 0.4) is 0 Å². The van der Waals surface area contributed by atoms with Gasteiger partial charge >= 0.3 is 0 Å². The second-order valence-corrected chi connectivity index (χ2v) is 5.28. The molecule has 0 unspecified atom stereocenters. The fourth-order valence-electron chi connectivity index (χ4n) is 2.06. The summed E-state index contributed by atoms with van der Waals surface area (Å²) in [7, 11) is 0. The molecule has 0 atom stereocenters. The highest BCUT2D eigenvalue weighted by molar-refractivity contribution is 5.95. The molecule has 3 rings (SSSR count). The van der Waals surface area contributed by atoms with Crippen molar-refractivity contribution in [2.24, 2.45) is 5.92 Å². The van der Waals surface area contributed by atoms with Crippen LogP contribution < -0.4 is 5.32 Å². The number of nitrogens with zero attached hydrogens (tertiary/aromatic N) is 2. The van der Waals surface area contributed by atoms with E-state index in [-0.39, 0.29) is 11.8 Å². The van der Waals surface area contributed by atoms with Crippen LogP contribution in [0.25, 0.3) is 22.6 Å². The fourth-order valence-corrected chi connectivity index (χ4v) is 2.06. The number of amides is 1. The van der Waals surface area contributed by atoms with Crippen LogP contribution in [0.1, 0.15) is 24.2 Å². The minimum Gasteiger partial charge on any atom is -0.337 e. The molecule has 7 heteroatoms. The van der Waals surface area contributed by atoms with Gasteiger partial charge in [-0.15, -0.1) is 0 Å². The summed E-state index contributed by atoms with van der Waals surface area (Å²) in [6.07, 6.45) is 2.32. The number of hydrogen-bond donors (Lipinski definition) is 3. The minimum absolute atomic E-state index is 0.0954. The Balaban J connectivity index is 1.99. The Hall–Kier alpha value is -2.96. The van der Waals surface area contributed by atoms with E-state index in [4.69, 9.17) is 0 Å². The maximum Gasteiger partial charge on any atom is 0.227 e. The monoisotopic (exact) mass is 297 g/mol. The lowest BCUT2D eigenvalue weighted by molar-refractivity contribution is -0.118. The Morgan fingerprint density at radius 3 is 2.91 bits per heavy atom. The average Bonchev–Trinajstić information content (AvgIpc) is 3.11. The van der Waals surface area contributed by atoms with E-state index in [9.17, 15) is 9.59 Å². The predicted octanol–water partition coefficient (Wildman–Crippen LogP) is 2.36. The zero-order valence-electron chi connectivity index (χ0n) is 12.2. The number of aromatic amines is 2. The van der Waals surface area contributed by atoms with Crippen molar-refractivity contribution in [2.75, 3.05) is 5.32 Å². The smallest absolute Gasteiger partial charge is 0.227 e. The van der Waals surface area contributed by atoms with E-state index in [1.807, 2.05) is 13.8 Å². The third-order valence-electron chi connectivity index (χ3n) is 3.30. The molecule has 0 saturated carbocycles. The summed E-state index contributed by atoms with van der Waals surface area (Å²) in [4.78, 5) is 30.2. The van der Waals surface area contributed by atoms with Crippen LogP contribution >= 0.6 is 0 Å². The Bertz CT molecular complexity index is 847. The maximum atomic E-state index is 11.8. The number of hydrogen-bond acceptors (Lipinski definition) is 4. The molecule has 3 N–H and O–H groups in total. The standard InChI is InChI=1S/C15H15N5O2/c1-8(2)15(22)19-12-6-16-20-13(12)14-17-10-4-3-9(7-21)5-11(10)18-14/h3-8H,1-2H3,(H,16,20)(H,17,18)(H,19,22). The van der Waals surface area contributed by atoms with Crippen LogP contribution in [-0.4, -0.2) is 32.4 Å². The van der Waals surface area contributed by atoms with Gasteiger partial charge in [-0.05, 0) is 18.2 Å². The number of rotatable bonds is 4. The van der Waals surface area contributed by atoms with Gasteiger partial charge in [0.15, 0.2) is 5.82 Å². The number of imidazole rings is 1. The third kappa shape index (κ3) is 2.48. The second-order valence-electron chi connectivity index (χ2n) is 5.28. The average molecular weight is 297 g/mol. The number of carbonyl (C=O) groups excluding carboxylic acids is 2. The topological polar surface area (TPSA) is 104 Å². The molecule has 0 aliphatic carbocycles. The first kappa shape index (κ1) is 14.0. The number of carbonyl (C=O) groups is 2. The van der Waals surface area contributed by atoms with Crippen molar-refractivity contribution in [3.05, 3.63) is 30.0 Å². The number of anilines is 1.